The van der Waals surface area contributed by atoms with Crippen LogP contribution in [0, 0.1) is 0 Å². The smallest absolute Gasteiger partial charge is 0.231 e. The van der Waals surface area contributed by atoms with E-state index in [1.165, 1.54) is 0 Å². The second-order valence-electron chi connectivity index (χ2n) is 3.31. The molecule has 0 radical (unpaired) electrons. The van der Waals surface area contributed by atoms with Gasteiger partial charge in [0.2, 0.25) is 5.91 Å². The molecule has 0 spiro atoms. The van der Waals surface area contributed by atoms with Gasteiger partial charge in [0, 0.05) is 10.7 Å². The van der Waals surface area contributed by atoms with Crippen LogP contribution in [0.5, 0.6) is 0 Å². The minimum absolute atomic E-state index is 0.128. The van der Waals surface area contributed by atoms with Gasteiger partial charge in [-0.2, -0.15) is 0 Å². The minimum Gasteiger partial charge on any atom is -0.469 e. The number of carbonyl (C=O) groups is 1. The Morgan fingerprint density at radius 1 is 1.31 bits per heavy atom. The van der Waals surface area contributed by atoms with Crippen LogP contribution < -0.4 is 5.32 Å². The van der Waals surface area contributed by atoms with Gasteiger partial charge in [-0.3, -0.25) is 4.79 Å². The highest BCUT2D eigenvalue weighted by Gasteiger charge is 2.05. The van der Waals surface area contributed by atoms with E-state index < -0.39 is 0 Å². The van der Waals surface area contributed by atoms with Crippen molar-refractivity contribution < 1.29 is 9.21 Å². The first-order valence-electron chi connectivity index (χ1n) is 4.82. The fraction of sp³-hybridized carbons (Fsp3) is 0.0833. The van der Waals surface area contributed by atoms with E-state index in [1.54, 1.807) is 42.7 Å². The molecule has 0 aliphatic rings. The molecule has 1 amide bonds. The van der Waals surface area contributed by atoms with Crippen molar-refractivity contribution >= 4 is 23.2 Å². The summed E-state index contributed by atoms with van der Waals surface area (Å²) in [5.74, 6) is 0.511. The molecule has 0 atom stereocenters. The van der Waals surface area contributed by atoms with Crippen molar-refractivity contribution in [3.05, 3.63) is 53.4 Å². The molecular formula is C12H10ClNO2. The topological polar surface area (TPSA) is 42.2 Å². The molecule has 2 aromatic rings. The van der Waals surface area contributed by atoms with Crippen LogP contribution in [0.2, 0.25) is 5.02 Å². The third kappa shape index (κ3) is 2.87. The fourth-order valence-electron chi connectivity index (χ4n) is 1.34. The first-order valence-corrected chi connectivity index (χ1v) is 5.19. The van der Waals surface area contributed by atoms with E-state index in [2.05, 4.69) is 5.32 Å². The van der Waals surface area contributed by atoms with Crippen molar-refractivity contribution in [3.8, 4) is 0 Å². The Morgan fingerprint density at radius 2 is 2.19 bits per heavy atom. The molecule has 2 rings (SSSR count). The Morgan fingerprint density at radius 3 is 2.88 bits per heavy atom. The lowest BCUT2D eigenvalue weighted by atomic mass is 10.3. The predicted octanol–water partition coefficient (Wildman–Crippen LogP) is 3.11. The maximum Gasteiger partial charge on any atom is 0.231 e. The minimum atomic E-state index is -0.128. The molecule has 0 bridgehead atoms. The summed E-state index contributed by atoms with van der Waals surface area (Å²) in [4.78, 5) is 11.6. The van der Waals surface area contributed by atoms with Gasteiger partial charge < -0.3 is 9.73 Å². The van der Waals surface area contributed by atoms with E-state index in [0.29, 0.717) is 16.5 Å². The van der Waals surface area contributed by atoms with Crippen LogP contribution in [0.3, 0.4) is 0 Å². The zero-order valence-corrected chi connectivity index (χ0v) is 9.20. The van der Waals surface area contributed by atoms with Gasteiger partial charge >= 0.3 is 0 Å². The van der Waals surface area contributed by atoms with Gasteiger partial charge in [-0.15, -0.1) is 0 Å². The summed E-state index contributed by atoms with van der Waals surface area (Å²) >= 11 is 5.80. The van der Waals surface area contributed by atoms with E-state index in [-0.39, 0.29) is 12.3 Å². The van der Waals surface area contributed by atoms with Crippen LogP contribution in [0.25, 0.3) is 0 Å². The van der Waals surface area contributed by atoms with Crippen LogP contribution >= 0.6 is 11.6 Å². The molecule has 3 nitrogen and oxygen atoms in total. The lowest BCUT2D eigenvalue weighted by molar-refractivity contribution is -0.115. The second-order valence-corrected chi connectivity index (χ2v) is 3.75. The average molecular weight is 236 g/mol. The summed E-state index contributed by atoms with van der Waals surface area (Å²) in [7, 11) is 0. The molecule has 4 heteroatoms. The number of furan rings is 1. The zero-order valence-electron chi connectivity index (χ0n) is 8.44. The maximum absolute atomic E-state index is 11.6. The molecule has 0 aliphatic heterocycles. The first kappa shape index (κ1) is 10.8. The van der Waals surface area contributed by atoms with Crippen LogP contribution in [0.4, 0.5) is 5.69 Å². The number of amides is 1. The Hall–Kier alpha value is -1.74. The summed E-state index contributed by atoms with van der Waals surface area (Å²) in [5.41, 5.74) is 0.684. The molecule has 0 fully saturated rings. The number of rotatable bonds is 3. The van der Waals surface area contributed by atoms with Crippen LogP contribution in [0.15, 0.2) is 47.1 Å². The Bertz CT molecular complexity index is 480. The number of carbonyl (C=O) groups excluding carboxylic acids is 1. The monoisotopic (exact) mass is 235 g/mol. The number of benzene rings is 1. The van der Waals surface area contributed by atoms with Gasteiger partial charge in [0.15, 0.2) is 0 Å². The quantitative estimate of drug-likeness (QED) is 0.888. The highest BCUT2D eigenvalue weighted by atomic mass is 35.5. The molecule has 1 heterocycles. The van der Waals surface area contributed by atoms with Crippen molar-refractivity contribution in [2.45, 2.75) is 6.42 Å². The molecule has 82 valence electrons. The van der Waals surface area contributed by atoms with Crippen LogP contribution in [0.1, 0.15) is 5.76 Å². The Kier molecular flexibility index (Phi) is 3.27. The standard InChI is InChI=1S/C12H10ClNO2/c13-9-3-1-4-10(7-9)14-12(15)8-11-5-2-6-16-11/h1-7H,8H2,(H,14,15). The summed E-state index contributed by atoms with van der Waals surface area (Å²) < 4.78 is 5.08. The lowest BCUT2D eigenvalue weighted by Gasteiger charge is -2.03. The third-order valence-electron chi connectivity index (χ3n) is 2.02. The number of hydrogen-bond donors (Lipinski definition) is 1. The van der Waals surface area contributed by atoms with Crippen molar-refractivity contribution in [1.29, 1.82) is 0 Å². The van der Waals surface area contributed by atoms with Crippen molar-refractivity contribution in [2.75, 3.05) is 5.32 Å². The van der Waals surface area contributed by atoms with Gasteiger partial charge in [-0.05, 0) is 30.3 Å². The van der Waals surface area contributed by atoms with Crippen molar-refractivity contribution in [1.82, 2.24) is 0 Å². The van der Waals surface area contributed by atoms with Crippen molar-refractivity contribution in [2.24, 2.45) is 0 Å². The summed E-state index contributed by atoms with van der Waals surface area (Å²) in [6.45, 7) is 0. The normalized spacial score (nSPS) is 10.1. The van der Waals surface area contributed by atoms with Crippen molar-refractivity contribution in [3.63, 3.8) is 0 Å². The molecule has 0 saturated heterocycles. The Balaban J connectivity index is 1.97. The predicted molar refractivity (Wildman–Crippen MR) is 62.5 cm³/mol. The van der Waals surface area contributed by atoms with E-state index >= 15 is 0 Å². The van der Waals surface area contributed by atoms with Gasteiger partial charge in [0.05, 0.1) is 12.7 Å². The molecular weight excluding hydrogens is 226 g/mol. The maximum atomic E-state index is 11.6. The highest BCUT2D eigenvalue weighted by molar-refractivity contribution is 6.30. The van der Waals surface area contributed by atoms with E-state index in [9.17, 15) is 4.79 Å². The molecule has 1 aromatic carbocycles. The zero-order chi connectivity index (χ0) is 11.4. The Labute approximate surface area is 98.0 Å². The van der Waals surface area contributed by atoms with E-state index in [0.717, 1.165) is 0 Å². The highest BCUT2D eigenvalue weighted by Crippen LogP contribution is 2.15. The van der Waals surface area contributed by atoms with E-state index in [1.807, 2.05) is 0 Å². The number of halogens is 1. The lowest BCUT2D eigenvalue weighted by Crippen LogP contribution is -2.13. The SMILES string of the molecule is O=C(Cc1ccco1)Nc1cccc(Cl)c1. The molecule has 0 aliphatic carbocycles. The number of anilines is 1. The molecule has 0 saturated carbocycles. The summed E-state index contributed by atoms with van der Waals surface area (Å²) in [6, 6.07) is 10.5. The van der Waals surface area contributed by atoms with Gasteiger partial charge in [0.1, 0.15) is 5.76 Å². The fourth-order valence-corrected chi connectivity index (χ4v) is 1.53. The first-order chi connectivity index (χ1) is 7.74. The molecule has 16 heavy (non-hydrogen) atoms. The number of nitrogens with one attached hydrogen (secondary N) is 1. The average Bonchev–Trinajstić information content (AvgIpc) is 2.70. The van der Waals surface area contributed by atoms with E-state index in [4.69, 9.17) is 16.0 Å². The van der Waals surface area contributed by atoms with Crippen LogP contribution in [-0.4, -0.2) is 5.91 Å². The summed E-state index contributed by atoms with van der Waals surface area (Å²) in [5, 5.41) is 3.33. The van der Waals surface area contributed by atoms with Gasteiger partial charge in [-0.1, -0.05) is 17.7 Å². The summed E-state index contributed by atoms with van der Waals surface area (Å²) in [6.07, 6.45) is 1.77. The molecule has 0 unspecified atom stereocenters. The third-order valence-corrected chi connectivity index (χ3v) is 2.26. The van der Waals surface area contributed by atoms with Gasteiger partial charge in [0.25, 0.3) is 0 Å². The largest absolute Gasteiger partial charge is 0.469 e. The number of hydrogen-bond acceptors (Lipinski definition) is 2. The van der Waals surface area contributed by atoms with Gasteiger partial charge in [-0.25, -0.2) is 0 Å². The van der Waals surface area contributed by atoms with Crippen LogP contribution in [-0.2, 0) is 11.2 Å². The molecule has 1 N–H and O–H groups in total. The molecule has 1 aromatic heterocycles. The second kappa shape index (κ2) is 4.86.